The summed E-state index contributed by atoms with van der Waals surface area (Å²) in [6, 6.07) is 40.9. The van der Waals surface area contributed by atoms with Crippen LogP contribution in [0.3, 0.4) is 0 Å². The van der Waals surface area contributed by atoms with E-state index in [0.717, 1.165) is 50.5 Å². The minimum absolute atomic E-state index is 0.00110. The number of hydrogen-bond acceptors (Lipinski definition) is 12. The van der Waals surface area contributed by atoms with Crippen LogP contribution in [0.15, 0.2) is 154 Å². The maximum atomic E-state index is 16.7. The van der Waals surface area contributed by atoms with Crippen molar-refractivity contribution < 1.29 is 53.4 Å². The second-order valence-corrected chi connectivity index (χ2v) is 32.2. The van der Waals surface area contributed by atoms with E-state index < -0.39 is 67.2 Å². The van der Waals surface area contributed by atoms with Gasteiger partial charge in [-0.2, -0.15) is 0 Å². The maximum absolute atomic E-state index is 16.7. The largest absolute Gasteiger partial charge is 0.481 e. The number of ether oxygens (including phenoxy) is 4. The molecule has 0 unspecified atom stereocenters. The minimum Gasteiger partial charge on any atom is -0.481 e. The van der Waals surface area contributed by atoms with Crippen LogP contribution in [0, 0.1) is 53.3 Å². The molecule has 1 aromatic heterocycles. The zero-order chi connectivity index (χ0) is 68.9. The normalized spacial score (nSPS) is 32.2. The standard InChI is InChI=1S/C90H88O12/c1-49(45-92)71-43-72-57-37-51-17-15-50(16-18-51)36-52-19-20-54-21-24-60-9-6-10-61-25-28-67-63(13-7-14-76(67)90(60,61)77(54)38-52)55-23-26-64-58(39-55)42-80(95)99-85-83-79(32-31-70-75(46-93)82(88(97)100-84(70)83)56(33-35-91)47-98-48-94)102-89(86(85)101-87(71)96)34-5-4-12-68-65(64)29-30-69(72)81(68)59(40-57)41-74-66-27-22-53-8-2-3-11-62(53)73(66)44-78(74)89/h2-3,7-8,11,13-24,26-27,29-32,38,55-61,64,66,72-74,78,85-86,91-94H,6,9-10,12,25,28,33-37,39-48H2,1H3/b71-49-/t55-,56+,57-,58+,59-,60+,61+,64+,66-,72-,73+,74-,78+,85+,86-,89-,90-/m0/s1. The van der Waals surface area contributed by atoms with Gasteiger partial charge in [-0.25, -0.2) is 9.59 Å². The fraction of sp³-hybridized carbons (Fsp3) is 0.433. The predicted octanol–water partition coefficient (Wildman–Crippen LogP) is 15.0. The number of hydrogen-bond donors (Lipinski definition) is 4. The zero-order valence-corrected chi connectivity index (χ0v) is 57.9. The van der Waals surface area contributed by atoms with Gasteiger partial charge >= 0.3 is 17.6 Å². The monoisotopic (exact) mass is 1360 g/mol. The molecule has 16 aliphatic carbocycles. The Bertz CT molecular complexity index is 4880. The molecule has 6 aromatic carbocycles. The Hall–Kier alpha value is -8.41. The van der Waals surface area contributed by atoms with Gasteiger partial charge in [-0.1, -0.05) is 152 Å². The number of aliphatic hydroxyl groups is 4. The van der Waals surface area contributed by atoms with Crippen LogP contribution in [0.25, 0.3) is 23.1 Å². The van der Waals surface area contributed by atoms with Crippen LogP contribution in [0.1, 0.15) is 220 Å². The summed E-state index contributed by atoms with van der Waals surface area (Å²) in [5.74, 6) is 5.66. The van der Waals surface area contributed by atoms with Gasteiger partial charge in [-0.15, -0.1) is 0 Å². The van der Waals surface area contributed by atoms with Crippen LogP contribution in [-0.2, 0) is 61.5 Å². The molecule has 102 heavy (non-hydrogen) atoms. The molecule has 2 saturated carbocycles. The second-order valence-electron chi connectivity index (χ2n) is 32.2. The molecule has 0 amide bonds. The van der Waals surface area contributed by atoms with E-state index in [1.54, 1.807) is 6.07 Å². The van der Waals surface area contributed by atoms with E-state index in [-0.39, 0.29) is 126 Å². The van der Waals surface area contributed by atoms with Crippen LogP contribution in [0.2, 0.25) is 0 Å². The van der Waals surface area contributed by atoms with Gasteiger partial charge in [0.1, 0.15) is 18.1 Å². The molecule has 0 saturated heterocycles. The first-order valence-electron chi connectivity index (χ1n) is 38.0. The Morgan fingerprint density at radius 3 is 2.41 bits per heavy atom. The van der Waals surface area contributed by atoms with Crippen LogP contribution in [-0.4, -0.2) is 70.7 Å². The van der Waals surface area contributed by atoms with Gasteiger partial charge in [0.05, 0.1) is 31.8 Å². The maximum Gasteiger partial charge on any atom is 0.340 e. The van der Waals surface area contributed by atoms with Crippen LogP contribution in [0.5, 0.6) is 5.75 Å². The number of fused-ring (bicyclic) bond motifs is 9. The van der Waals surface area contributed by atoms with Gasteiger partial charge in [0.2, 0.25) is 0 Å². The van der Waals surface area contributed by atoms with E-state index in [9.17, 15) is 20.4 Å². The highest BCUT2D eigenvalue weighted by atomic mass is 16.6. The predicted molar refractivity (Wildman–Crippen MR) is 389 cm³/mol. The van der Waals surface area contributed by atoms with Crippen molar-refractivity contribution in [1.29, 1.82) is 0 Å². The summed E-state index contributed by atoms with van der Waals surface area (Å²) in [6.45, 7) is -0.309. The number of benzene rings is 6. The molecule has 12 nitrogen and oxygen atoms in total. The van der Waals surface area contributed by atoms with E-state index in [1.807, 2.05) is 13.0 Å². The van der Waals surface area contributed by atoms with E-state index in [4.69, 9.17) is 23.4 Å². The summed E-state index contributed by atoms with van der Waals surface area (Å²) in [5, 5.41) is 43.7. The van der Waals surface area contributed by atoms with Crippen LogP contribution in [0.4, 0.5) is 0 Å². The molecule has 520 valence electrons. The van der Waals surface area contributed by atoms with Gasteiger partial charge in [0.15, 0.2) is 17.8 Å². The number of carbonyl (C=O) groups excluding carboxylic acids is 2. The topological polar surface area (TPSA) is 182 Å². The number of esters is 2. The van der Waals surface area contributed by atoms with Crippen LogP contribution >= 0.6 is 0 Å². The molecular weight excluding hydrogens is 1270 g/mol. The fourth-order valence-corrected chi connectivity index (χ4v) is 23.4. The molecule has 7 aromatic rings. The molecule has 12 heteroatoms. The smallest absolute Gasteiger partial charge is 0.340 e. The van der Waals surface area contributed by atoms with Gasteiger partial charge < -0.3 is 43.8 Å². The van der Waals surface area contributed by atoms with E-state index in [0.29, 0.717) is 47.6 Å². The Morgan fingerprint density at radius 1 is 0.706 bits per heavy atom. The highest BCUT2D eigenvalue weighted by Gasteiger charge is 2.65. The lowest BCUT2D eigenvalue weighted by Gasteiger charge is -2.55. The first kappa shape index (κ1) is 64.4. The van der Waals surface area contributed by atoms with E-state index in [2.05, 4.69) is 145 Å². The van der Waals surface area contributed by atoms with Crippen LogP contribution < -0.4 is 10.4 Å². The average molecular weight is 1360 g/mol. The van der Waals surface area contributed by atoms with Crippen molar-refractivity contribution in [2.24, 2.45) is 41.4 Å². The highest BCUT2D eigenvalue weighted by Crippen LogP contribution is 2.66. The van der Waals surface area contributed by atoms with Crippen molar-refractivity contribution in [3.8, 4) is 17.6 Å². The van der Waals surface area contributed by atoms with Gasteiger partial charge in [-0.05, 0) is 238 Å². The van der Waals surface area contributed by atoms with Gasteiger partial charge in [0, 0.05) is 65.1 Å². The molecule has 0 radical (unpaired) electrons. The Labute approximate surface area is 595 Å². The number of carbonyl (C=O) groups is 2. The van der Waals surface area contributed by atoms with Gasteiger partial charge in [-0.3, -0.25) is 4.79 Å². The third-order valence-electron chi connectivity index (χ3n) is 27.6. The molecule has 4 heterocycles. The van der Waals surface area contributed by atoms with Crippen molar-refractivity contribution in [3.63, 3.8) is 0 Å². The van der Waals surface area contributed by atoms with E-state index >= 15 is 14.4 Å². The third kappa shape index (κ3) is 9.90. The van der Waals surface area contributed by atoms with E-state index in [1.165, 1.54) is 85.2 Å². The third-order valence-corrected chi connectivity index (χ3v) is 27.6. The molecule has 2 fully saturated rings. The summed E-state index contributed by atoms with van der Waals surface area (Å²) in [4.78, 5) is 48.4. The quantitative estimate of drug-likeness (QED) is 0.0283. The summed E-state index contributed by atoms with van der Waals surface area (Å²) in [7, 11) is 0. The molecule has 17 atom stereocenters. The summed E-state index contributed by atoms with van der Waals surface area (Å²) < 4.78 is 35.2. The minimum atomic E-state index is -1.52. The van der Waals surface area contributed by atoms with Crippen molar-refractivity contribution in [3.05, 3.63) is 250 Å². The average Bonchev–Trinajstić information content (AvgIpc) is 0.958. The Morgan fingerprint density at radius 2 is 1.55 bits per heavy atom. The molecule has 3 aliphatic heterocycles. The lowest BCUT2D eigenvalue weighted by Crippen LogP contribution is -2.61. The molecule has 26 rings (SSSR count). The van der Waals surface area contributed by atoms with Crippen molar-refractivity contribution >= 4 is 35.1 Å². The molecular formula is C90H88O12. The first-order chi connectivity index (χ1) is 50.0. The summed E-state index contributed by atoms with van der Waals surface area (Å²) >= 11 is 0. The lowest BCUT2D eigenvalue weighted by atomic mass is 9.48. The number of aliphatic hydroxyl groups excluding tert-OH is 4. The first-order valence-corrected chi connectivity index (χ1v) is 38.0. The molecule has 4 N–H and O–H groups in total. The highest BCUT2D eigenvalue weighted by molar-refractivity contribution is 5.91. The number of allylic oxidation sites excluding steroid dienone is 4. The Kier molecular flexibility index (Phi) is 15.9. The van der Waals surface area contributed by atoms with Crippen molar-refractivity contribution in [2.45, 2.75) is 175 Å². The van der Waals surface area contributed by atoms with Gasteiger partial charge in [0.25, 0.3) is 0 Å². The zero-order valence-electron chi connectivity index (χ0n) is 57.9. The fourth-order valence-electron chi connectivity index (χ4n) is 23.4. The lowest BCUT2D eigenvalue weighted by molar-refractivity contribution is -0.205. The number of rotatable bonds is 8. The molecule has 20 bridgehead atoms. The summed E-state index contributed by atoms with van der Waals surface area (Å²) in [5.41, 5.74) is 17.0. The van der Waals surface area contributed by atoms with Crippen molar-refractivity contribution in [2.75, 3.05) is 26.6 Å². The molecule has 19 aliphatic rings. The molecule has 2 spiro atoms. The van der Waals surface area contributed by atoms with Crippen molar-refractivity contribution in [1.82, 2.24) is 0 Å². The Balaban J connectivity index is 0.889. The SMILES string of the molecule is C/C(CO)=C1\C[C@@H]2c3ccc4c5c3[C@H]3C[C@@H]2Cc2ccc(cc2)Cc2ccc6c(c2)[C@]27c8cccc(c8CC[C@H]2CCC[C@@H]7C=C6)[C@H]2C=C[C@@H]4[C@@H](CC(=O)O[C@@H]4c6c(ccc7c(CO)c([C@H](CCO)COCO)c(=O)oc67)O[C@@](CC#CC5)([C@@H]5C[C@@H]6c7ccccc7C=C[C@@H]6[C@@H]5C3)[C@H]4OC1=O)C2. The summed E-state index contributed by atoms with van der Waals surface area (Å²) in [6.07, 6.45) is 22.6. The second kappa shape index (κ2) is 25.2.